The summed E-state index contributed by atoms with van der Waals surface area (Å²) in [6.07, 6.45) is 0. The molecule has 0 saturated carbocycles. The van der Waals surface area contributed by atoms with Crippen molar-refractivity contribution in [1.29, 1.82) is 0 Å². The molecule has 3 rings (SSSR count). The third-order valence-electron chi connectivity index (χ3n) is 3.87. The Morgan fingerprint density at radius 3 is 3.06 bits per heavy atom. The summed E-state index contributed by atoms with van der Waals surface area (Å²) in [7, 11) is 2.13. The van der Waals surface area contributed by atoms with Crippen LogP contribution in [-0.2, 0) is 0 Å². The van der Waals surface area contributed by atoms with Crippen molar-refractivity contribution >= 4 is 11.6 Å². The topological polar surface area (TPSA) is 58.4 Å². The third kappa shape index (κ3) is 1.69. The van der Waals surface area contributed by atoms with Gasteiger partial charge in [-0.3, -0.25) is 4.79 Å². The highest BCUT2D eigenvalue weighted by Gasteiger charge is 2.36. The third-order valence-corrected chi connectivity index (χ3v) is 3.87. The van der Waals surface area contributed by atoms with Crippen LogP contribution in [0.3, 0.4) is 0 Å². The fraction of sp³-hybridized carbons (Fsp3) is 0.462. The number of carbonyl (C=O) groups is 1. The van der Waals surface area contributed by atoms with Crippen LogP contribution >= 0.6 is 0 Å². The highest BCUT2D eigenvalue weighted by Crippen LogP contribution is 2.35. The minimum atomic E-state index is 0.0179. The number of amides is 1. The quantitative estimate of drug-likeness (QED) is 0.645. The fourth-order valence-corrected chi connectivity index (χ4v) is 3.06. The second-order valence-electron chi connectivity index (χ2n) is 5.14. The molecule has 1 aromatic rings. The zero-order valence-electron chi connectivity index (χ0n) is 9.94. The lowest BCUT2D eigenvalue weighted by atomic mass is 9.87. The summed E-state index contributed by atoms with van der Waals surface area (Å²) in [5, 5.41) is 3.00. The molecule has 1 fully saturated rings. The Morgan fingerprint density at radius 1 is 1.41 bits per heavy atom. The van der Waals surface area contributed by atoms with Crippen LogP contribution in [0.4, 0.5) is 5.69 Å². The predicted octanol–water partition coefficient (Wildman–Crippen LogP) is 0.657. The van der Waals surface area contributed by atoms with E-state index in [1.54, 1.807) is 6.07 Å². The first-order valence-corrected chi connectivity index (χ1v) is 6.01. The van der Waals surface area contributed by atoms with Gasteiger partial charge in [0.25, 0.3) is 5.91 Å². The van der Waals surface area contributed by atoms with E-state index in [9.17, 15) is 4.79 Å². The maximum absolute atomic E-state index is 12.0. The number of likely N-dealkylation sites (tertiary alicyclic amines) is 1. The minimum absolute atomic E-state index is 0.0179. The van der Waals surface area contributed by atoms with Gasteiger partial charge in [-0.2, -0.15) is 0 Å². The lowest BCUT2D eigenvalue weighted by Crippen LogP contribution is -2.29. The van der Waals surface area contributed by atoms with E-state index in [1.807, 2.05) is 12.1 Å². The molecule has 0 aromatic heterocycles. The van der Waals surface area contributed by atoms with Gasteiger partial charge in [-0.15, -0.1) is 0 Å². The molecule has 2 atom stereocenters. The summed E-state index contributed by atoms with van der Waals surface area (Å²) in [6.45, 7) is 2.84. The van der Waals surface area contributed by atoms with Gasteiger partial charge in [-0.05, 0) is 30.7 Å². The molecule has 4 nitrogen and oxygen atoms in total. The van der Waals surface area contributed by atoms with Crippen molar-refractivity contribution in [3.05, 3.63) is 29.3 Å². The van der Waals surface area contributed by atoms with E-state index in [1.165, 1.54) is 0 Å². The number of anilines is 1. The first kappa shape index (κ1) is 10.6. The van der Waals surface area contributed by atoms with E-state index in [4.69, 9.17) is 5.73 Å². The molecule has 2 heterocycles. The largest absolute Gasteiger partial charge is 0.399 e. The average molecular weight is 231 g/mol. The molecule has 1 amide bonds. The molecule has 0 bridgehead atoms. The van der Waals surface area contributed by atoms with Crippen molar-refractivity contribution in [3.63, 3.8) is 0 Å². The lowest BCUT2D eigenvalue weighted by Gasteiger charge is -2.16. The van der Waals surface area contributed by atoms with Crippen molar-refractivity contribution < 1.29 is 4.79 Å². The Labute approximate surface area is 101 Å². The summed E-state index contributed by atoms with van der Waals surface area (Å²) < 4.78 is 0. The van der Waals surface area contributed by atoms with Crippen LogP contribution in [0.15, 0.2) is 18.2 Å². The molecular weight excluding hydrogens is 214 g/mol. The Kier molecular flexibility index (Phi) is 2.33. The van der Waals surface area contributed by atoms with E-state index in [0.29, 0.717) is 17.5 Å². The Morgan fingerprint density at radius 2 is 2.24 bits per heavy atom. The Balaban J connectivity index is 2.09. The fourth-order valence-electron chi connectivity index (χ4n) is 3.06. The number of hydrogen-bond donors (Lipinski definition) is 2. The number of likely N-dealkylation sites (N-methyl/N-ethyl adjacent to an activating group) is 1. The Bertz CT molecular complexity index is 472. The van der Waals surface area contributed by atoms with Gasteiger partial charge in [0.2, 0.25) is 0 Å². The molecule has 2 aliphatic heterocycles. The van der Waals surface area contributed by atoms with Crippen LogP contribution in [0.5, 0.6) is 0 Å². The monoisotopic (exact) mass is 231 g/mol. The normalized spacial score (nSPS) is 28.2. The van der Waals surface area contributed by atoms with E-state index in [-0.39, 0.29) is 5.91 Å². The maximum Gasteiger partial charge on any atom is 0.251 e. The van der Waals surface area contributed by atoms with Gasteiger partial charge in [0, 0.05) is 36.8 Å². The van der Waals surface area contributed by atoms with Crippen LogP contribution in [0.2, 0.25) is 0 Å². The van der Waals surface area contributed by atoms with Gasteiger partial charge < -0.3 is 16.0 Å². The number of hydrogen-bond acceptors (Lipinski definition) is 3. The molecule has 17 heavy (non-hydrogen) atoms. The van der Waals surface area contributed by atoms with Gasteiger partial charge in [0.05, 0.1) is 0 Å². The molecule has 3 N–H and O–H groups in total. The lowest BCUT2D eigenvalue weighted by molar-refractivity contribution is 0.0951. The first-order chi connectivity index (χ1) is 8.15. The molecule has 90 valence electrons. The smallest absolute Gasteiger partial charge is 0.251 e. The number of fused-ring (bicyclic) bond motifs is 3. The number of nitrogen functional groups attached to an aromatic ring is 1. The van der Waals surface area contributed by atoms with Crippen LogP contribution in [0.1, 0.15) is 21.8 Å². The van der Waals surface area contributed by atoms with Crippen molar-refractivity contribution in [3.8, 4) is 0 Å². The summed E-state index contributed by atoms with van der Waals surface area (Å²) in [5.74, 6) is 0.993. The van der Waals surface area contributed by atoms with Crippen LogP contribution in [0, 0.1) is 5.92 Å². The number of rotatable bonds is 0. The number of carbonyl (C=O) groups excluding carboxylic acids is 1. The summed E-state index contributed by atoms with van der Waals surface area (Å²) in [6, 6.07) is 5.71. The maximum atomic E-state index is 12.0. The van der Waals surface area contributed by atoms with Gasteiger partial charge in [0.1, 0.15) is 0 Å². The van der Waals surface area contributed by atoms with Gasteiger partial charge in [0.15, 0.2) is 0 Å². The first-order valence-electron chi connectivity index (χ1n) is 6.01. The zero-order chi connectivity index (χ0) is 12.0. The SMILES string of the molecule is CN1CC2CNC(=O)c3cc(N)ccc3C2C1. The summed E-state index contributed by atoms with van der Waals surface area (Å²) in [5.41, 5.74) is 8.34. The molecule has 1 saturated heterocycles. The number of benzene rings is 1. The number of nitrogens with one attached hydrogen (secondary N) is 1. The van der Waals surface area contributed by atoms with Gasteiger partial charge in [-0.25, -0.2) is 0 Å². The standard InChI is InChI=1S/C13H17N3O/c1-16-6-8-5-15-13(17)11-4-9(14)2-3-10(11)12(8)7-16/h2-4,8,12H,5-7,14H2,1H3,(H,15,17). The molecular formula is C13H17N3O. The summed E-state index contributed by atoms with van der Waals surface area (Å²) >= 11 is 0. The zero-order valence-corrected chi connectivity index (χ0v) is 9.94. The summed E-state index contributed by atoms with van der Waals surface area (Å²) in [4.78, 5) is 14.3. The Hall–Kier alpha value is -1.55. The van der Waals surface area contributed by atoms with Crippen molar-refractivity contribution in [1.82, 2.24) is 10.2 Å². The minimum Gasteiger partial charge on any atom is -0.399 e. The van der Waals surface area contributed by atoms with E-state index >= 15 is 0 Å². The van der Waals surface area contributed by atoms with Crippen LogP contribution in [-0.4, -0.2) is 37.5 Å². The molecule has 0 radical (unpaired) electrons. The van der Waals surface area contributed by atoms with E-state index < -0.39 is 0 Å². The van der Waals surface area contributed by atoms with E-state index in [2.05, 4.69) is 17.3 Å². The highest BCUT2D eigenvalue weighted by atomic mass is 16.1. The molecule has 0 spiro atoms. The molecule has 0 aliphatic carbocycles. The van der Waals surface area contributed by atoms with Crippen LogP contribution in [0.25, 0.3) is 0 Å². The van der Waals surface area contributed by atoms with Crippen molar-refractivity contribution in [2.45, 2.75) is 5.92 Å². The van der Waals surface area contributed by atoms with E-state index in [0.717, 1.165) is 30.8 Å². The van der Waals surface area contributed by atoms with Crippen LogP contribution < -0.4 is 11.1 Å². The molecule has 1 aromatic carbocycles. The number of nitrogens with zero attached hydrogens (tertiary/aromatic N) is 1. The molecule has 4 heteroatoms. The van der Waals surface area contributed by atoms with Gasteiger partial charge in [-0.1, -0.05) is 6.07 Å². The second-order valence-corrected chi connectivity index (χ2v) is 5.14. The predicted molar refractivity (Wildman–Crippen MR) is 66.9 cm³/mol. The number of nitrogens with two attached hydrogens (primary N) is 1. The van der Waals surface area contributed by atoms with Crippen molar-refractivity contribution in [2.24, 2.45) is 5.92 Å². The van der Waals surface area contributed by atoms with Gasteiger partial charge >= 0.3 is 0 Å². The highest BCUT2D eigenvalue weighted by molar-refractivity contribution is 5.97. The van der Waals surface area contributed by atoms with Crippen molar-refractivity contribution in [2.75, 3.05) is 32.4 Å². The molecule has 2 aliphatic rings. The average Bonchev–Trinajstić information content (AvgIpc) is 2.62. The second kappa shape index (κ2) is 3.74. The molecule has 2 unspecified atom stereocenters.